The highest BCUT2D eigenvalue weighted by atomic mass is 35.5. The number of ether oxygens (including phenoxy) is 2. The molecule has 2 aliphatic rings. The van der Waals surface area contributed by atoms with Crippen LogP contribution in [0.1, 0.15) is 12.8 Å². The summed E-state index contributed by atoms with van der Waals surface area (Å²) in [6.07, 6.45) is 6.94. The highest BCUT2D eigenvalue weighted by Crippen LogP contribution is 2.36. The monoisotopic (exact) mass is 447 g/mol. The molecule has 7 nitrogen and oxygen atoms in total. The SMILES string of the molecule is COc1c(Cl)cc(Nc2ncc(F)c(N=C3CC=C4OC=CC(=N)C4C3)n2)cc1Cl. The van der Waals surface area contributed by atoms with Crippen LogP contribution in [0.4, 0.5) is 21.8 Å². The molecule has 1 unspecified atom stereocenters. The molecule has 0 fully saturated rings. The van der Waals surface area contributed by atoms with Gasteiger partial charge in [0.25, 0.3) is 0 Å². The summed E-state index contributed by atoms with van der Waals surface area (Å²) in [5, 5.41) is 11.6. The minimum absolute atomic E-state index is 0.0937. The lowest BCUT2D eigenvalue weighted by Crippen LogP contribution is -2.25. The molecule has 0 radical (unpaired) electrons. The van der Waals surface area contributed by atoms with Crippen molar-refractivity contribution in [3.05, 3.63) is 58.4 Å². The average Bonchev–Trinajstić information content (AvgIpc) is 2.71. The third-order valence-corrected chi connectivity index (χ3v) is 5.16. The number of aromatic nitrogens is 2. The first-order valence-electron chi connectivity index (χ1n) is 8.95. The Bertz CT molecular complexity index is 1090. The predicted octanol–water partition coefficient (Wildman–Crippen LogP) is 5.60. The molecule has 154 valence electrons. The van der Waals surface area contributed by atoms with Gasteiger partial charge in [-0.15, -0.1) is 0 Å². The number of hydrogen-bond donors (Lipinski definition) is 2. The van der Waals surface area contributed by atoms with Crippen molar-refractivity contribution in [1.29, 1.82) is 5.41 Å². The fraction of sp³-hybridized carbons (Fsp3) is 0.200. The first-order valence-corrected chi connectivity index (χ1v) is 9.71. The van der Waals surface area contributed by atoms with Gasteiger partial charge >= 0.3 is 0 Å². The molecule has 2 N–H and O–H groups in total. The van der Waals surface area contributed by atoms with Gasteiger partial charge in [-0.1, -0.05) is 23.2 Å². The van der Waals surface area contributed by atoms with Crippen LogP contribution in [0.2, 0.25) is 10.0 Å². The van der Waals surface area contributed by atoms with Crippen molar-refractivity contribution < 1.29 is 13.9 Å². The Hall–Kier alpha value is -2.97. The second kappa shape index (κ2) is 8.41. The van der Waals surface area contributed by atoms with E-state index < -0.39 is 5.82 Å². The third kappa shape index (κ3) is 4.15. The summed E-state index contributed by atoms with van der Waals surface area (Å²) in [5.74, 6) is 0.255. The number of aliphatic imine (C=N–C) groups is 1. The topological polar surface area (TPSA) is 92.5 Å². The first-order chi connectivity index (χ1) is 14.4. The zero-order valence-corrected chi connectivity index (χ0v) is 17.3. The summed E-state index contributed by atoms with van der Waals surface area (Å²) >= 11 is 12.3. The van der Waals surface area contributed by atoms with Crippen LogP contribution in [-0.4, -0.2) is 28.5 Å². The van der Waals surface area contributed by atoms with Gasteiger partial charge in [0.2, 0.25) is 5.95 Å². The molecule has 0 spiro atoms. The van der Waals surface area contributed by atoms with Crippen LogP contribution < -0.4 is 10.1 Å². The van der Waals surface area contributed by atoms with Crippen LogP contribution in [0.25, 0.3) is 0 Å². The van der Waals surface area contributed by atoms with Crippen molar-refractivity contribution in [1.82, 2.24) is 9.97 Å². The standard InChI is InChI=1S/C20H16Cl2FN5O2/c1-29-18-13(21)7-11(8-14(18)22)27-20-25-9-15(23)19(28-20)26-10-2-3-17-12(6-10)16(24)4-5-30-17/h3-5,7-9,12,24H,2,6H2,1H3,(H,25,27,28). The van der Waals surface area contributed by atoms with Crippen LogP contribution in [0.3, 0.4) is 0 Å². The zero-order valence-electron chi connectivity index (χ0n) is 15.7. The van der Waals surface area contributed by atoms with Crippen molar-refractivity contribution >= 4 is 52.1 Å². The minimum atomic E-state index is -0.650. The summed E-state index contributed by atoms with van der Waals surface area (Å²) in [7, 11) is 1.47. The van der Waals surface area contributed by atoms with E-state index in [-0.39, 0.29) is 17.7 Å². The summed E-state index contributed by atoms with van der Waals surface area (Å²) in [4.78, 5) is 12.5. The number of fused-ring (bicyclic) bond motifs is 1. The lowest BCUT2D eigenvalue weighted by atomic mass is 9.87. The number of halogens is 3. The van der Waals surface area contributed by atoms with Crippen LogP contribution in [0.5, 0.6) is 5.75 Å². The number of benzene rings is 1. The van der Waals surface area contributed by atoms with Gasteiger partial charge in [0.15, 0.2) is 17.4 Å². The first kappa shape index (κ1) is 20.3. The molecule has 1 aromatic carbocycles. The van der Waals surface area contributed by atoms with Gasteiger partial charge in [-0.25, -0.2) is 14.4 Å². The predicted molar refractivity (Wildman–Crippen MR) is 114 cm³/mol. The summed E-state index contributed by atoms with van der Waals surface area (Å²) in [6, 6.07) is 3.19. The van der Waals surface area contributed by atoms with Crippen LogP contribution in [0.15, 0.2) is 47.5 Å². The molecule has 1 aliphatic heterocycles. The highest BCUT2D eigenvalue weighted by Gasteiger charge is 2.28. The number of rotatable bonds is 4. The van der Waals surface area contributed by atoms with Crippen LogP contribution in [0, 0.1) is 17.1 Å². The van der Waals surface area contributed by atoms with E-state index in [0.29, 0.717) is 45.7 Å². The van der Waals surface area contributed by atoms with Gasteiger partial charge < -0.3 is 20.2 Å². The summed E-state index contributed by atoms with van der Waals surface area (Å²) in [6.45, 7) is 0. The van der Waals surface area contributed by atoms with E-state index in [1.165, 1.54) is 13.4 Å². The molecule has 0 saturated carbocycles. The summed E-state index contributed by atoms with van der Waals surface area (Å²) in [5.41, 5.74) is 1.64. The quantitative estimate of drug-likeness (QED) is 0.635. The molecule has 0 bridgehead atoms. The van der Waals surface area contributed by atoms with E-state index in [0.717, 1.165) is 12.0 Å². The van der Waals surface area contributed by atoms with E-state index in [1.54, 1.807) is 18.2 Å². The minimum Gasteiger partial charge on any atom is -0.494 e. The number of nitrogens with one attached hydrogen (secondary N) is 2. The van der Waals surface area contributed by atoms with Crippen molar-refractivity contribution in [3.63, 3.8) is 0 Å². The summed E-state index contributed by atoms with van der Waals surface area (Å²) < 4.78 is 24.9. The second-order valence-electron chi connectivity index (χ2n) is 6.58. The molecule has 10 heteroatoms. The Balaban J connectivity index is 1.58. The van der Waals surface area contributed by atoms with Gasteiger partial charge in [-0.3, -0.25) is 0 Å². The number of anilines is 2. The van der Waals surface area contributed by atoms with Crippen molar-refractivity contribution in [2.45, 2.75) is 12.8 Å². The fourth-order valence-electron chi connectivity index (χ4n) is 3.17. The normalized spacial score (nSPS) is 19.2. The van der Waals surface area contributed by atoms with Gasteiger partial charge in [0, 0.05) is 30.0 Å². The Kier molecular flexibility index (Phi) is 5.69. The van der Waals surface area contributed by atoms with Crippen LogP contribution >= 0.6 is 23.2 Å². The number of methoxy groups -OCH3 is 1. The Labute approximate surface area is 181 Å². The number of hydrogen-bond acceptors (Lipinski definition) is 7. The van der Waals surface area contributed by atoms with Gasteiger partial charge in [-0.05, 0) is 24.3 Å². The Morgan fingerprint density at radius 2 is 2.10 bits per heavy atom. The van der Waals surface area contributed by atoms with Crippen molar-refractivity contribution in [2.75, 3.05) is 12.4 Å². The van der Waals surface area contributed by atoms with E-state index in [4.69, 9.17) is 38.1 Å². The van der Waals surface area contributed by atoms with E-state index >= 15 is 0 Å². The molecule has 30 heavy (non-hydrogen) atoms. The second-order valence-corrected chi connectivity index (χ2v) is 7.40. The molecule has 1 aliphatic carbocycles. The maximum absolute atomic E-state index is 14.3. The lowest BCUT2D eigenvalue weighted by molar-refractivity contribution is 0.304. The van der Waals surface area contributed by atoms with Gasteiger partial charge in [0.1, 0.15) is 5.76 Å². The highest BCUT2D eigenvalue weighted by molar-refractivity contribution is 6.37. The smallest absolute Gasteiger partial charge is 0.229 e. The molecule has 1 atom stereocenters. The Morgan fingerprint density at radius 1 is 1.33 bits per heavy atom. The number of nitrogens with zero attached hydrogens (tertiary/aromatic N) is 3. The molecule has 2 aromatic rings. The lowest BCUT2D eigenvalue weighted by Gasteiger charge is -2.26. The number of allylic oxidation sites excluding steroid dienone is 3. The molecule has 4 rings (SSSR count). The van der Waals surface area contributed by atoms with Crippen molar-refractivity contribution in [2.24, 2.45) is 10.9 Å². The molecule has 2 heterocycles. The van der Waals surface area contributed by atoms with Gasteiger partial charge in [0.05, 0.1) is 35.5 Å². The molecule has 1 aromatic heterocycles. The maximum Gasteiger partial charge on any atom is 0.229 e. The average molecular weight is 448 g/mol. The Morgan fingerprint density at radius 3 is 2.83 bits per heavy atom. The van der Waals surface area contributed by atoms with E-state index in [9.17, 15) is 4.39 Å². The molecule has 0 amide bonds. The molecular weight excluding hydrogens is 432 g/mol. The zero-order chi connectivity index (χ0) is 21.3. The molecule has 0 saturated heterocycles. The fourth-order valence-corrected chi connectivity index (χ4v) is 3.81. The molecular formula is C20H16Cl2FN5O2. The van der Waals surface area contributed by atoms with E-state index in [2.05, 4.69) is 20.3 Å². The third-order valence-electron chi connectivity index (χ3n) is 4.60. The maximum atomic E-state index is 14.3. The van der Waals surface area contributed by atoms with Crippen molar-refractivity contribution in [3.8, 4) is 5.75 Å². The van der Waals surface area contributed by atoms with Gasteiger partial charge in [-0.2, -0.15) is 4.98 Å². The van der Waals surface area contributed by atoms with E-state index in [1.807, 2.05) is 6.08 Å². The van der Waals surface area contributed by atoms with Crippen LogP contribution in [-0.2, 0) is 4.74 Å². The largest absolute Gasteiger partial charge is 0.494 e.